The quantitative estimate of drug-likeness (QED) is 0.929. The molecule has 0 spiro atoms. The molecule has 0 radical (unpaired) electrons. The SMILES string of the molecule is CCCN(CC(=O)O)C(=O)N1CCc2sccc2C1C. The molecule has 20 heavy (non-hydrogen) atoms. The van der Waals surface area contributed by atoms with Gasteiger partial charge < -0.3 is 14.9 Å². The van der Waals surface area contributed by atoms with Crippen molar-refractivity contribution in [1.29, 1.82) is 0 Å². The number of carbonyl (C=O) groups is 2. The van der Waals surface area contributed by atoms with Crippen LogP contribution in [0.15, 0.2) is 11.4 Å². The topological polar surface area (TPSA) is 60.9 Å². The minimum absolute atomic E-state index is 0.0191. The van der Waals surface area contributed by atoms with E-state index in [0.29, 0.717) is 13.1 Å². The molecule has 1 atom stereocenters. The van der Waals surface area contributed by atoms with E-state index in [2.05, 4.69) is 11.4 Å². The van der Waals surface area contributed by atoms with Crippen LogP contribution in [0.1, 0.15) is 36.8 Å². The fraction of sp³-hybridized carbons (Fsp3) is 0.571. The van der Waals surface area contributed by atoms with Crippen molar-refractivity contribution in [2.45, 2.75) is 32.7 Å². The van der Waals surface area contributed by atoms with Crippen molar-refractivity contribution in [1.82, 2.24) is 9.80 Å². The maximum absolute atomic E-state index is 12.6. The zero-order valence-corrected chi connectivity index (χ0v) is 12.7. The monoisotopic (exact) mass is 296 g/mol. The Morgan fingerprint density at radius 3 is 2.95 bits per heavy atom. The molecule has 0 saturated heterocycles. The lowest BCUT2D eigenvalue weighted by molar-refractivity contribution is -0.137. The van der Waals surface area contributed by atoms with Gasteiger partial charge in [0.05, 0.1) is 6.04 Å². The van der Waals surface area contributed by atoms with Crippen LogP contribution in [0, 0.1) is 0 Å². The van der Waals surface area contributed by atoms with Gasteiger partial charge in [-0.15, -0.1) is 11.3 Å². The lowest BCUT2D eigenvalue weighted by atomic mass is 10.0. The highest BCUT2D eigenvalue weighted by molar-refractivity contribution is 7.10. The molecule has 0 saturated carbocycles. The number of urea groups is 1. The Hall–Kier alpha value is -1.56. The summed E-state index contributed by atoms with van der Waals surface area (Å²) in [6.07, 6.45) is 1.61. The smallest absolute Gasteiger partial charge is 0.323 e. The molecule has 0 aliphatic carbocycles. The average Bonchev–Trinajstić information content (AvgIpc) is 2.87. The summed E-state index contributed by atoms with van der Waals surface area (Å²) < 4.78 is 0. The third-order valence-corrected chi connectivity index (χ3v) is 4.61. The van der Waals surface area contributed by atoms with E-state index in [9.17, 15) is 9.59 Å². The molecule has 0 aromatic carbocycles. The fourth-order valence-corrected chi connectivity index (χ4v) is 3.59. The van der Waals surface area contributed by atoms with Crippen molar-refractivity contribution in [3.63, 3.8) is 0 Å². The van der Waals surface area contributed by atoms with Crippen LogP contribution in [0.5, 0.6) is 0 Å². The Balaban J connectivity index is 2.13. The van der Waals surface area contributed by atoms with E-state index in [-0.39, 0.29) is 18.6 Å². The number of nitrogens with zero attached hydrogens (tertiary/aromatic N) is 2. The van der Waals surface area contributed by atoms with Gasteiger partial charge in [0.15, 0.2) is 0 Å². The lowest BCUT2D eigenvalue weighted by Gasteiger charge is -2.37. The minimum atomic E-state index is -0.965. The summed E-state index contributed by atoms with van der Waals surface area (Å²) in [6, 6.07) is 1.91. The molecule has 1 unspecified atom stereocenters. The molecule has 1 N–H and O–H groups in total. The van der Waals surface area contributed by atoms with Gasteiger partial charge in [-0.3, -0.25) is 4.79 Å². The first-order valence-corrected chi connectivity index (χ1v) is 7.76. The van der Waals surface area contributed by atoms with Gasteiger partial charge >= 0.3 is 12.0 Å². The number of fused-ring (bicyclic) bond motifs is 1. The highest BCUT2D eigenvalue weighted by atomic mass is 32.1. The van der Waals surface area contributed by atoms with Gasteiger partial charge in [0.2, 0.25) is 0 Å². The largest absolute Gasteiger partial charge is 0.480 e. The molecule has 5 nitrogen and oxygen atoms in total. The van der Waals surface area contributed by atoms with Gasteiger partial charge in [-0.1, -0.05) is 6.92 Å². The third kappa shape index (κ3) is 2.95. The molecule has 6 heteroatoms. The standard InChI is InChI=1S/C14H20N2O3S/c1-3-6-15(9-13(17)18)14(19)16-7-4-12-11(10(16)2)5-8-20-12/h5,8,10H,3-4,6-7,9H2,1-2H3,(H,17,18). The van der Waals surface area contributed by atoms with Crippen molar-refractivity contribution in [2.75, 3.05) is 19.6 Å². The zero-order chi connectivity index (χ0) is 14.7. The number of hydrogen-bond donors (Lipinski definition) is 1. The fourth-order valence-electron chi connectivity index (χ4n) is 2.63. The summed E-state index contributed by atoms with van der Waals surface area (Å²) in [5.41, 5.74) is 1.20. The van der Waals surface area contributed by atoms with Crippen LogP contribution in [0.2, 0.25) is 0 Å². The predicted octanol–water partition coefficient (Wildman–Crippen LogP) is 2.58. The van der Waals surface area contributed by atoms with E-state index in [1.165, 1.54) is 15.3 Å². The number of rotatable bonds is 4. The van der Waals surface area contributed by atoms with Crippen molar-refractivity contribution in [3.05, 3.63) is 21.9 Å². The summed E-state index contributed by atoms with van der Waals surface area (Å²) in [4.78, 5) is 28.0. The Labute approximate surface area is 122 Å². The van der Waals surface area contributed by atoms with E-state index in [0.717, 1.165) is 12.8 Å². The van der Waals surface area contributed by atoms with E-state index >= 15 is 0 Å². The number of hydrogen-bond acceptors (Lipinski definition) is 3. The molecule has 1 aliphatic heterocycles. The first-order valence-electron chi connectivity index (χ1n) is 6.88. The van der Waals surface area contributed by atoms with Crippen molar-refractivity contribution in [2.24, 2.45) is 0 Å². The molecular weight excluding hydrogens is 276 g/mol. The number of aliphatic carboxylic acids is 1. The second-order valence-electron chi connectivity index (χ2n) is 5.02. The molecule has 1 aromatic rings. The van der Waals surface area contributed by atoms with Gasteiger partial charge in [-0.25, -0.2) is 4.79 Å². The van der Waals surface area contributed by atoms with Crippen LogP contribution in [-0.4, -0.2) is 46.5 Å². The Morgan fingerprint density at radius 2 is 2.30 bits per heavy atom. The van der Waals surface area contributed by atoms with Crippen LogP contribution in [0.3, 0.4) is 0 Å². The van der Waals surface area contributed by atoms with E-state index in [1.54, 1.807) is 16.2 Å². The van der Waals surface area contributed by atoms with Gasteiger partial charge in [-0.05, 0) is 36.8 Å². The summed E-state index contributed by atoms with van der Waals surface area (Å²) in [5.74, 6) is -0.965. The summed E-state index contributed by atoms with van der Waals surface area (Å²) in [5, 5.41) is 11.0. The minimum Gasteiger partial charge on any atom is -0.480 e. The van der Waals surface area contributed by atoms with Crippen LogP contribution < -0.4 is 0 Å². The molecule has 1 aromatic heterocycles. The van der Waals surface area contributed by atoms with Crippen LogP contribution in [0.4, 0.5) is 4.79 Å². The van der Waals surface area contributed by atoms with Crippen LogP contribution in [-0.2, 0) is 11.2 Å². The van der Waals surface area contributed by atoms with Crippen molar-refractivity contribution >= 4 is 23.3 Å². The zero-order valence-electron chi connectivity index (χ0n) is 11.8. The first-order chi connectivity index (χ1) is 9.54. The molecule has 2 amide bonds. The highest BCUT2D eigenvalue weighted by Gasteiger charge is 2.31. The van der Waals surface area contributed by atoms with Crippen molar-refractivity contribution < 1.29 is 14.7 Å². The average molecular weight is 296 g/mol. The number of amides is 2. The summed E-state index contributed by atoms with van der Waals surface area (Å²) in [7, 11) is 0. The number of carboxylic acids is 1. The van der Waals surface area contributed by atoms with Crippen LogP contribution >= 0.6 is 11.3 Å². The maximum atomic E-state index is 12.6. The Kier molecular flexibility index (Phi) is 4.65. The highest BCUT2D eigenvalue weighted by Crippen LogP contribution is 2.33. The molecule has 2 heterocycles. The molecule has 110 valence electrons. The van der Waals surface area contributed by atoms with Gasteiger partial charge in [0.1, 0.15) is 6.54 Å². The Bertz CT molecular complexity index is 500. The third-order valence-electron chi connectivity index (χ3n) is 3.61. The molecular formula is C14H20N2O3S. The normalized spacial score (nSPS) is 17.7. The van der Waals surface area contributed by atoms with Crippen molar-refractivity contribution in [3.8, 4) is 0 Å². The van der Waals surface area contributed by atoms with Gasteiger partial charge in [-0.2, -0.15) is 0 Å². The summed E-state index contributed by atoms with van der Waals surface area (Å²) >= 11 is 1.73. The molecule has 0 bridgehead atoms. The number of carbonyl (C=O) groups excluding carboxylic acids is 1. The van der Waals surface area contributed by atoms with E-state index in [4.69, 9.17) is 5.11 Å². The van der Waals surface area contributed by atoms with E-state index in [1.807, 2.05) is 13.8 Å². The maximum Gasteiger partial charge on any atom is 0.323 e. The molecule has 0 fully saturated rings. The summed E-state index contributed by atoms with van der Waals surface area (Å²) in [6.45, 7) is 4.86. The van der Waals surface area contributed by atoms with Gasteiger partial charge in [0, 0.05) is 18.0 Å². The number of carboxylic acid groups (broad SMARTS) is 1. The van der Waals surface area contributed by atoms with E-state index < -0.39 is 5.97 Å². The molecule has 1 aliphatic rings. The predicted molar refractivity (Wildman–Crippen MR) is 78.0 cm³/mol. The number of thiophene rings is 1. The van der Waals surface area contributed by atoms with Crippen LogP contribution in [0.25, 0.3) is 0 Å². The second kappa shape index (κ2) is 6.26. The second-order valence-corrected chi connectivity index (χ2v) is 6.02. The molecule has 2 rings (SSSR count). The lowest BCUT2D eigenvalue weighted by Crippen LogP contribution is -2.48. The first kappa shape index (κ1) is 14.8. The Morgan fingerprint density at radius 1 is 1.55 bits per heavy atom. The van der Waals surface area contributed by atoms with Gasteiger partial charge in [0.25, 0.3) is 0 Å².